The number of hydrogen-bond donors (Lipinski definition) is 2. The van der Waals surface area contributed by atoms with Crippen LogP contribution in [0.1, 0.15) is 46.5 Å². The fourth-order valence-corrected chi connectivity index (χ4v) is 2.46. The molecule has 1 fully saturated rings. The monoisotopic (exact) mass is 198 g/mol. The van der Waals surface area contributed by atoms with E-state index >= 15 is 0 Å². The minimum absolute atomic E-state index is 0.406. The van der Waals surface area contributed by atoms with Crippen LogP contribution in [-0.4, -0.2) is 19.1 Å². The Morgan fingerprint density at radius 1 is 1.36 bits per heavy atom. The zero-order valence-corrected chi connectivity index (χ0v) is 9.97. The van der Waals surface area contributed by atoms with Gasteiger partial charge in [-0.1, -0.05) is 27.2 Å². The molecular formula is C12H26N2. The first kappa shape index (κ1) is 12.0. The molecule has 1 aliphatic heterocycles. The van der Waals surface area contributed by atoms with Crippen LogP contribution in [0.5, 0.6) is 0 Å². The zero-order valence-electron chi connectivity index (χ0n) is 9.97. The van der Waals surface area contributed by atoms with Gasteiger partial charge in [0.25, 0.3) is 0 Å². The lowest BCUT2D eigenvalue weighted by atomic mass is 9.79. The highest BCUT2D eigenvalue weighted by atomic mass is 14.9. The lowest BCUT2D eigenvalue weighted by Gasteiger charge is -2.34. The van der Waals surface area contributed by atoms with Crippen molar-refractivity contribution in [3.05, 3.63) is 0 Å². The normalized spacial score (nSPS) is 26.1. The van der Waals surface area contributed by atoms with Gasteiger partial charge in [-0.05, 0) is 43.7 Å². The standard InChI is InChI=1S/C12H26N2/c1-12(2,3)8-10(9-13)11-6-4-5-7-14-11/h10-11,14H,4-9,13H2,1-3H3. The van der Waals surface area contributed by atoms with Gasteiger partial charge in [0.1, 0.15) is 0 Å². The molecule has 0 amide bonds. The highest BCUT2D eigenvalue weighted by Gasteiger charge is 2.26. The van der Waals surface area contributed by atoms with Crippen LogP contribution in [0.2, 0.25) is 0 Å². The minimum Gasteiger partial charge on any atom is -0.330 e. The lowest BCUT2D eigenvalue weighted by molar-refractivity contribution is 0.219. The molecule has 0 bridgehead atoms. The van der Waals surface area contributed by atoms with Gasteiger partial charge < -0.3 is 11.1 Å². The molecule has 1 rings (SSSR count). The molecule has 2 unspecified atom stereocenters. The van der Waals surface area contributed by atoms with Crippen molar-refractivity contribution in [3.63, 3.8) is 0 Å². The lowest BCUT2D eigenvalue weighted by Crippen LogP contribution is -2.44. The summed E-state index contributed by atoms with van der Waals surface area (Å²) in [4.78, 5) is 0. The third kappa shape index (κ3) is 3.97. The first-order chi connectivity index (χ1) is 6.53. The van der Waals surface area contributed by atoms with Crippen molar-refractivity contribution in [1.29, 1.82) is 0 Å². The third-order valence-electron chi connectivity index (χ3n) is 3.09. The summed E-state index contributed by atoms with van der Waals surface area (Å²) in [6, 6.07) is 0.674. The molecule has 3 N–H and O–H groups in total. The maximum absolute atomic E-state index is 5.87. The molecule has 0 aromatic rings. The van der Waals surface area contributed by atoms with Gasteiger partial charge in [0.05, 0.1) is 0 Å². The molecule has 0 aromatic carbocycles. The summed E-state index contributed by atoms with van der Waals surface area (Å²) in [6.07, 6.45) is 5.26. The van der Waals surface area contributed by atoms with Crippen molar-refractivity contribution in [3.8, 4) is 0 Å². The van der Waals surface area contributed by atoms with Gasteiger partial charge in [0.15, 0.2) is 0 Å². The Morgan fingerprint density at radius 2 is 2.07 bits per heavy atom. The fourth-order valence-electron chi connectivity index (χ4n) is 2.46. The van der Waals surface area contributed by atoms with Gasteiger partial charge in [-0.15, -0.1) is 0 Å². The van der Waals surface area contributed by atoms with E-state index in [1.54, 1.807) is 0 Å². The molecule has 1 aliphatic rings. The average molecular weight is 198 g/mol. The van der Waals surface area contributed by atoms with Crippen LogP contribution in [0.15, 0.2) is 0 Å². The summed E-state index contributed by atoms with van der Waals surface area (Å²) in [5, 5.41) is 3.61. The summed E-state index contributed by atoms with van der Waals surface area (Å²) in [5.74, 6) is 0.662. The second-order valence-corrected chi connectivity index (χ2v) is 5.82. The molecule has 0 spiro atoms. The summed E-state index contributed by atoms with van der Waals surface area (Å²) >= 11 is 0. The molecular weight excluding hydrogens is 172 g/mol. The van der Waals surface area contributed by atoms with E-state index in [9.17, 15) is 0 Å². The number of hydrogen-bond acceptors (Lipinski definition) is 2. The summed E-state index contributed by atoms with van der Waals surface area (Å²) in [7, 11) is 0. The van der Waals surface area contributed by atoms with Gasteiger partial charge in [-0.3, -0.25) is 0 Å². The molecule has 0 aliphatic carbocycles. The van der Waals surface area contributed by atoms with E-state index in [2.05, 4.69) is 26.1 Å². The van der Waals surface area contributed by atoms with E-state index in [1.807, 2.05) is 0 Å². The van der Waals surface area contributed by atoms with E-state index in [0.717, 1.165) is 6.54 Å². The maximum atomic E-state index is 5.87. The molecule has 2 atom stereocenters. The Morgan fingerprint density at radius 3 is 2.50 bits per heavy atom. The van der Waals surface area contributed by atoms with Crippen molar-refractivity contribution in [2.24, 2.45) is 17.1 Å². The molecule has 1 heterocycles. The third-order valence-corrected chi connectivity index (χ3v) is 3.09. The van der Waals surface area contributed by atoms with E-state index in [-0.39, 0.29) is 0 Å². The van der Waals surface area contributed by atoms with Crippen molar-refractivity contribution in [2.75, 3.05) is 13.1 Å². The largest absolute Gasteiger partial charge is 0.330 e. The highest BCUT2D eigenvalue weighted by molar-refractivity contribution is 4.83. The minimum atomic E-state index is 0.406. The summed E-state index contributed by atoms with van der Waals surface area (Å²) in [6.45, 7) is 8.93. The van der Waals surface area contributed by atoms with Crippen LogP contribution in [-0.2, 0) is 0 Å². The van der Waals surface area contributed by atoms with Crippen molar-refractivity contribution in [1.82, 2.24) is 5.32 Å². The van der Waals surface area contributed by atoms with Gasteiger partial charge in [-0.2, -0.15) is 0 Å². The Labute approximate surface area is 88.6 Å². The molecule has 0 radical (unpaired) electrons. The van der Waals surface area contributed by atoms with Crippen LogP contribution in [0, 0.1) is 11.3 Å². The van der Waals surface area contributed by atoms with Gasteiger partial charge in [-0.25, -0.2) is 0 Å². The second kappa shape index (κ2) is 5.13. The predicted molar refractivity (Wildman–Crippen MR) is 62.3 cm³/mol. The Balaban J connectivity index is 2.43. The number of piperidine rings is 1. The van der Waals surface area contributed by atoms with E-state index < -0.39 is 0 Å². The predicted octanol–water partition coefficient (Wildman–Crippen LogP) is 2.14. The molecule has 0 aromatic heterocycles. The van der Waals surface area contributed by atoms with Crippen LogP contribution in [0.4, 0.5) is 0 Å². The maximum Gasteiger partial charge on any atom is 0.0108 e. The van der Waals surface area contributed by atoms with Gasteiger partial charge >= 0.3 is 0 Å². The Kier molecular flexibility index (Phi) is 4.39. The molecule has 2 nitrogen and oxygen atoms in total. The fraction of sp³-hybridized carbons (Fsp3) is 1.00. The molecule has 84 valence electrons. The average Bonchev–Trinajstić information content (AvgIpc) is 2.14. The van der Waals surface area contributed by atoms with Crippen LogP contribution in [0.3, 0.4) is 0 Å². The topological polar surface area (TPSA) is 38.0 Å². The zero-order chi connectivity index (χ0) is 10.6. The van der Waals surface area contributed by atoms with E-state index in [1.165, 1.54) is 32.2 Å². The Bertz CT molecular complexity index is 154. The molecule has 0 saturated carbocycles. The number of nitrogens with two attached hydrogens (primary N) is 1. The smallest absolute Gasteiger partial charge is 0.0108 e. The number of rotatable bonds is 3. The summed E-state index contributed by atoms with van der Waals surface area (Å²) < 4.78 is 0. The Hall–Kier alpha value is -0.0800. The number of nitrogens with one attached hydrogen (secondary N) is 1. The van der Waals surface area contributed by atoms with Crippen LogP contribution in [0.25, 0.3) is 0 Å². The highest BCUT2D eigenvalue weighted by Crippen LogP contribution is 2.28. The second-order valence-electron chi connectivity index (χ2n) is 5.82. The molecule has 2 heteroatoms. The van der Waals surface area contributed by atoms with Gasteiger partial charge in [0, 0.05) is 6.04 Å². The van der Waals surface area contributed by atoms with Crippen LogP contribution < -0.4 is 11.1 Å². The first-order valence-electron chi connectivity index (χ1n) is 5.96. The van der Waals surface area contributed by atoms with Crippen LogP contribution >= 0.6 is 0 Å². The SMILES string of the molecule is CC(C)(C)CC(CN)C1CCCCN1. The van der Waals surface area contributed by atoms with Gasteiger partial charge in [0.2, 0.25) is 0 Å². The summed E-state index contributed by atoms with van der Waals surface area (Å²) in [5.41, 5.74) is 6.28. The molecule has 1 saturated heterocycles. The molecule has 14 heavy (non-hydrogen) atoms. The van der Waals surface area contributed by atoms with E-state index in [4.69, 9.17) is 5.73 Å². The first-order valence-corrected chi connectivity index (χ1v) is 5.96. The quantitative estimate of drug-likeness (QED) is 0.729. The van der Waals surface area contributed by atoms with Crippen molar-refractivity contribution < 1.29 is 0 Å². The van der Waals surface area contributed by atoms with E-state index in [0.29, 0.717) is 17.4 Å². The van der Waals surface area contributed by atoms with Crippen molar-refractivity contribution >= 4 is 0 Å². The van der Waals surface area contributed by atoms with Crippen molar-refractivity contribution in [2.45, 2.75) is 52.5 Å².